The fourth-order valence-corrected chi connectivity index (χ4v) is 3.02. The Morgan fingerprint density at radius 1 is 1.41 bits per heavy atom. The third kappa shape index (κ3) is 3.19. The van der Waals surface area contributed by atoms with Gasteiger partial charge in [-0.15, -0.1) is 0 Å². The first-order valence-electron chi connectivity index (χ1n) is 6.76. The Bertz CT molecular complexity index is 269. The number of nitrogens with zero attached hydrogens (tertiary/aromatic N) is 1. The topological polar surface area (TPSA) is 49.8 Å². The van der Waals surface area contributed by atoms with Crippen LogP contribution in [0.15, 0.2) is 0 Å². The fraction of sp³-hybridized carbons (Fsp3) is 0.923. The van der Waals surface area contributed by atoms with Crippen molar-refractivity contribution in [2.24, 2.45) is 11.8 Å². The normalized spacial score (nSPS) is 32.7. The second-order valence-corrected chi connectivity index (χ2v) is 5.34. The zero-order chi connectivity index (χ0) is 12.3. The van der Waals surface area contributed by atoms with Crippen LogP contribution in [0.25, 0.3) is 0 Å². The monoisotopic (exact) mass is 241 g/mol. The predicted octanol–water partition coefficient (Wildman–Crippen LogP) is 1.03. The van der Waals surface area contributed by atoms with Crippen molar-refractivity contribution in [2.75, 3.05) is 26.2 Å². The molecule has 0 spiro atoms. The Balaban J connectivity index is 1.69. The summed E-state index contributed by atoms with van der Waals surface area (Å²) >= 11 is 0. The van der Waals surface area contributed by atoms with Gasteiger partial charge in [0, 0.05) is 19.0 Å². The molecular weight excluding hydrogens is 218 g/mol. The lowest BCUT2D eigenvalue weighted by Gasteiger charge is -2.16. The lowest BCUT2D eigenvalue weighted by atomic mass is 10.00. The average molecular weight is 241 g/mol. The van der Waals surface area contributed by atoms with Gasteiger partial charge >= 0.3 is 5.97 Å². The van der Waals surface area contributed by atoms with Gasteiger partial charge < -0.3 is 9.84 Å². The second-order valence-electron chi connectivity index (χ2n) is 5.34. The minimum absolute atomic E-state index is 0.118. The van der Waals surface area contributed by atoms with Gasteiger partial charge in [0.2, 0.25) is 0 Å². The van der Waals surface area contributed by atoms with E-state index in [1.807, 2.05) is 0 Å². The third-order valence-corrected chi connectivity index (χ3v) is 4.01. The number of hydrogen-bond donors (Lipinski definition) is 1. The van der Waals surface area contributed by atoms with Gasteiger partial charge in [-0.3, -0.25) is 9.69 Å². The maximum Gasteiger partial charge on any atom is 0.320 e. The first-order chi connectivity index (χ1) is 8.20. The van der Waals surface area contributed by atoms with Crippen LogP contribution in [0.3, 0.4) is 0 Å². The summed E-state index contributed by atoms with van der Waals surface area (Å²) < 4.78 is 5.15. The molecule has 1 N–H and O–H groups in total. The van der Waals surface area contributed by atoms with Crippen LogP contribution in [0, 0.1) is 11.8 Å². The molecule has 2 fully saturated rings. The lowest BCUT2D eigenvalue weighted by molar-refractivity contribution is -0.144. The van der Waals surface area contributed by atoms with Gasteiger partial charge in [-0.05, 0) is 25.2 Å². The van der Waals surface area contributed by atoms with E-state index in [1.54, 1.807) is 0 Å². The van der Waals surface area contributed by atoms with E-state index in [2.05, 4.69) is 11.8 Å². The summed E-state index contributed by atoms with van der Waals surface area (Å²) in [7, 11) is 0. The minimum atomic E-state index is -0.152. The number of aliphatic hydroxyl groups is 1. The number of carbonyl (C=O) groups is 1. The summed E-state index contributed by atoms with van der Waals surface area (Å²) in [6, 6.07) is 0. The van der Waals surface area contributed by atoms with Crippen LogP contribution in [-0.4, -0.2) is 48.3 Å². The molecule has 1 heterocycles. The molecule has 0 aromatic carbocycles. The van der Waals surface area contributed by atoms with Gasteiger partial charge in [0.25, 0.3) is 0 Å². The first-order valence-corrected chi connectivity index (χ1v) is 6.76. The maximum absolute atomic E-state index is 11.5. The summed E-state index contributed by atoms with van der Waals surface area (Å²) in [5.74, 6) is 0.861. The zero-order valence-corrected chi connectivity index (χ0v) is 10.6. The van der Waals surface area contributed by atoms with Crippen LogP contribution in [0.1, 0.15) is 32.6 Å². The van der Waals surface area contributed by atoms with Gasteiger partial charge in [0.15, 0.2) is 0 Å². The minimum Gasteiger partial charge on any atom is -0.465 e. The highest BCUT2D eigenvalue weighted by Gasteiger charge is 2.42. The van der Waals surface area contributed by atoms with Crippen LogP contribution < -0.4 is 0 Å². The molecule has 98 valence electrons. The molecule has 1 aliphatic carbocycles. The Morgan fingerprint density at radius 3 is 2.94 bits per heavy atom. The number of hydrogen-bond acceptors (Lipinski definition) is 4. The zero-order valence-electron chi connectivity index (χ0n) is 10.6. The second kappa shape index (κ2) is 5.83. The van der Waals surface area contributed by atoms with Crippen LogP contribution in [0.4, 0.5) is 0 Å². The number of carbonyl (C=O) groups excluding carboxylic acids is 1. The van der Waals surface area contributed by atoms with E-state index in [1.165, 1.54) is 0 Å². The summed E-state index contributed by atoms with van der Waals surface area (Å²) in [6.07, 6.45) is 3.88. The number of ether oxygens (including phenoxy) is 1. The molecule has 4 heteroatoms. The number of fused-ring (bicyclic) bond motifs is 1. The van der Waals surface area contributed by atoms with Crippen molar-refractivity contribution in [1.82, 2.24) is 4.90 Å². The fourth-order valence-electron chi connectivity index (χ4n) is 3.02. The summed E-state index contributed by atoms with van der Waals surface area (Å²) in [5.41, 5.74) is 0. The van der Waals surface area contributed by atoms with E-state index in [-0.39, 0.29) is 12.1 Å². The molecule has 3 atom stereocenters. The molecule has 3 unspecified atom stereocenters. The Kier molecular flexibility index (Phi) is 4.40. The van der Waals surface area contributed by atoms with E-state index < -0.39 is 0 Å². The van der Waals surface area contributed by atoms with Crippen LogP contribution >= 0.6 is 0 Å². The van der Waals surface area contributed by atoms with E-state index in [4.69, 9.17) is 4.74 Å². The van der Waals surface area contributed by atoms with Gasteiger partial charge in [0.1, 0.15) is 0 Å². The summed E-state index contributed by atoms with van der Waals surface area (Å²) in [4.78, 5) is 13.7. The van der Waals surface area contributed by atoms with Gasteiger partial charge in [0.05, 0.1) is 19.3 Å². The lowest BCUT2D eigenvalue weighted by Crippen LogP contribution is -2.31. The molecule has 2 aliphatic rings. The number of rotatable bonds is 5. The van der Waals surface area contributed by atoms with E-state index in [0.29, 0.717) is 25.0 Å². The number of aliphatic hydroxyl groups excluding tert-OH is 1. The predicted molar refractivity (Wildman–Crippen MR) is 64.5 cm³/mol. The van der Waals surface area contributed by atoms with Gasteiger partial charge in [-0.1, -0.05) is 13.3 Å². The van der Waals surface area contributed by atoms with Crippen LogP contribution in [-0.2, 0) is 9.53 Å². The molecular formula is C13H23NO3. The van der Waals surface area contributed by atoms with Crippen molar-refractivity contribution in [1.29, 1.82) is 0 Å². The van der Waals surface area contributed by atoms with Gasteiger partial charge in [-0.25, -0.2) is 0 Å². The van der Waals surface area contributed by atoms with Crippen molar-refractivity contribution < 1.29 is 14.6 Å². The molecule has 0 radical (unpaired) electrons. The molecule has 0 amide bonds. The first kappa shape index (κ1) is 12.8. The highest BCUT2D eigenvalue weighted by molar-refractivity contribution is 5.71. The molecule has 1 saturated heterocycles. The largest absolute Gasteiger partial charge is 0.465 e. The SMILES string of the molecule is CCCCOC(=O)CN1CC2CCC(O)C2C1. The molecule has 2 rings (SSSR count). The summed E-state index contributed by atoms with van der Waals surface area (Å²) in [6.45, 7) is 4.82. The van der Waals surface area contributed by atoms with E-state index >= 15 is 0 Å². The van der Waals surface area contributed by atoms with E-state index in [9.17, 15) is 9.90 Å². The average Bonchev–Trinajstić information content (AvgIpc) is 2.82. The molecule has 1 saturated carbocycles. The summed E-state index contributed by atoms with van der Waals surface area (Å²) in [5, 5.41) is 9.78. The Hall–Kier alpha value is -0.610. The molecule has 0 aromatic rings. The van der Waals surface area contributed by atoms with Crippen LogP contribution in [0.2, 0.25) is 0 Å². The molecule has 0 bridgehead atoms. The number of esters is 1. The number of likely N-dealkylation sites (tertiary alicyclic amines) is 1. The van der Waals surface area contributed by atoms with Crippen molar-refractivity contribution >= 4 is 5.97 Å². The van der Waals surface area contributed by atoms with E-state index in [0.717, 1.165) is 38.8 Å². The smallest absolute Gasteiger partial charge is 0.320 e. The van der Waals surface area contributed by atoms with Crippen molar-refractivity contribution in [3.05, 3.63) is 0 Å². The Labute approximate surface area is 103 Å². The van der Waals surface area contributed by atoms with Gasteiger partial charge in [-0.2, -0.15) is 0 Å². The quantitative estimate of drug-likeness (QED) is 0.577. The van der Waals surface area contributed by atoms with Crippen molar-refractivity contribution in [2.45, 2.75) is 38.7 Å². The van der Waals surface area contributed by atoms with Crippen LogP contribution in [0.5, 0.6) is 0 Å². The molecule has 4 nitrogen and oxygen atoms in total. The molecule has 1 aliphatic heterocycles. The molecule has 0 aromatic heterocycles. The van der Waals surface area contributed by atoms with Crippen molar-refractivity contribution in [3.63, 3.8) is 0 Å². The standard InChI is InChI=1S/C13H23NO3/c1-2-3-6-17-13(16)9-14-7-10-4-5-12(15)11(10)8-14/h10-12,15H,2-9H2,1H3. The maximum atomic E-state index is 11.5. The highest BCUT2D eigenvalue weighted by Crippen LogP contribution is 2.37. The third-order valence-electron chi connectivity index (χ3n) is 4.01. The Morgan fingerprint density at radius 2 is 2.24 bits per heavy atom. The van der Waals surface area contributed by atoms with Crippen molar-refractivity contribution in [3.8, 4) is 0 Å². The highest BCUT2D eigenvalue weighted by atomic mass is 16.5. The number of unbranched alkanes of at least 4 members (excludes halogenated alkanes) is 1. The molecule has 17 heavy (non-hydrogen) atoms.